The number of carbonyl (C=O) groups is 3. The third-order valence-corrected chi connectivity index (χ3v) is 31.5. The number of carbonyl (C=O) groups excluding carboxylic acids is 3. The number of piperidine rings is 3. The lowest BCUT2D eigenvalue weighted by atomic mass is 9.56. The minimum absolute atomic E-state index is 0.0476. The van der Waals surface area contributed by atoms with Crippen LogP contribution in [0.3, 0.4) is 0 Å². The number of sulfone groups is 1. The number of benzene rings is 7. The molecule has 3 saturated carbocycles. The van der Waals surface area contributed by atoms with E-state index in [1.807, 2.05) is 48.5 Å². The fourth-order valence-electron chi connectivity index (χ4n) is 24.5. The molecule has 6 heterocycles. The van der Waals surface area contributed by atoms with Crippen LogP contribution >= 0.6 is 0 Å². The minimum Gasteiger partial charge on any atom is -0.494 e. The zero-order valence-electron chi connectivity index (χ0n) is 71.6. The van der Waals surface area contributed by atoms with Crippen LogP contribution in [-0.4, -0.2) is 182 Å². The molecule has 19 nitrogen and oxygen atoms in total. The quantitative estimate of drug-likeness (QED) is 0.0265. The van der Waals surface area contributed by atoms with Gasteiger partial charge in [-0.1, -0.05) is 36.4 Å². The third-order valence-electron chi connectivity index (χ3n) is 29.7. The Balaban J connectivity index is 0.696. The predicted octanol–water partition coefficient (Wildman–Crippen LogP) is 16.0. The van der Waals surface area contributed by atoms with E-state index >= 15 is 13.2 Å². The number of ether oxygens (including phenoxy) is 5. The molecule has 648 valence electrons. The van der Waals surface area contributed by atoms with Crippen LogP contribution in [0.1, 0.15) is 179 Å². The molecule has 11 atom stereocenters. The molecule has 0 amide bonds. The van der Waals surface area contributed by atoms with E-state index in [0.29, 0.717) is 149 Å². The number of likely N-dealkylation sites (N-methyl/N-ethyl adjacent to an activating group) is 2. The summed E-state index contributed by atoms with van der Waals surface area (Å²) < 4.78 is 111. The minimum atomic E-state index is -3.66. The number of likely N-dealkylation sites (tertiary alicyclic amines) is 3. The highest BCUT2D eigenvalue weighted by atomic mass is 32.2. The van der Waals surface area contributed by atoms with Crippen LogP contribution in [0.25, 0.3) is 0 Å². The SMILES string of the molecule is CC(=O)O[C@H]1CC(c2cc(F)cc(C(C#N)(C3CCN(CC4CN(c5ccc(S(=O)(=O)c6ccccc6)cc5)C4)CC3)[C@@H]3CCC[C@H]3OC(C)=O)c2)C[C@@H]1C1(C2CCN(CCCOc3ccc(C#N)cc3)CC2)CN(C)Cc2cc(C3C[C@@H](C4(C5CCN(CCCOc6ccc(C#N)cc6)CC5)CN(C)Cc5ccc(F)cc54)[C@H](OC(C)=O)C3)c(F)cc21. The van der Waals surface area contributed by atoms with Gasteiger partial charge in [-0.25, -0.2) is 21.6 Å². The summed E-state index contributed by atoms with van der Waals surface area (Å²) in [6.45, 7) is 16.1. The van der Waals surface area contributed by atoms with Crippen molar-refractivity contribution in [2.75, 3.05) is 117 Å². The van der Waals surface area contributed by atoms with E-state index in [4.69, 9.17) is 23.7 Å². The topological polar surface area (TPSA) is 222 Å². The van der Waals surface area contributed by atoms with E-state index in [9.17, 15) is 38.6 Å². The summed E-state index contributed by atoms with van der Waals surface area (Å²) in [4.78, 5) is 55.6. The van der Waals surface area contributed by atoms with Gasteiger partial charge >= 0.3 is 17.9 Å². The Morgan fingerprint density at radius 1 is 0.528 bits per heavy atom. The maximum absolute atomic E-state index is 19.0. The van der Waals surface area contributed by atoms with Crippen LogP contribution in [0.4, 0.5) is 18.9 Å². The van der Waals surface area contributed by atoms with E-state index in [-0.39, 0.29) is 51.0 Å². The number of halogens is 3. The standard InChI is InChI=1S/C100H116F3N9O10S/c1-66(113)120-95-15-9-14-89(95)98(63-106,77-34-42-111(43-35-77)58-71-59-112(60-71)83-22-28-87(29-23-83)123(116,117)86-12-7-6-8-13-86)80-46-73(47-82(102)53-80)74-49-92(96(51-74)121-67(2)114)100(79-32-40-110(41-33-79)37-11-45-119-85-26-18-70(57-105)19-27-85)65-108(5)62-76-48-88(94(103)55-91(76)100)75-50-93(97(52-75)122-68(3)115)99(64-107(4)61-72-20-21-81(101)54-90(72)99)78-30-38-109(39-31-78)36-10-44-118-84-24-16-69(56-104)17-25-84/h6-8,12-13,16-29,46-48,53-55,71,74-75,77-79,89,92-93,95-97H,9-11,14-15,30-45,49-52,58-62,64-65H2,1-5H3/t74?,75?,89-,92+,93-,95-,96+,97-,98?,99?,100?/m1/s1. The molecular weight excluding hydrogens is 1580 g/mol. The average Bonchev–Trinajstić information content (AvgIpc) is 1.68. The molecule has 6 aliphatic heterocycles. The Morgan fingerprint density at radius 3 is 1.60 bits per heavy atom. The van der Waals surface area contributed by atoms with Gasteiger partial charge in [0.2, 0.25) is 9.84 Å². The fraction of sp³-hybridized carbons (Fsp3) is 0.520. The van der Waals surface area contributed by atoms with E-state index in [1.54, 1.807) is 91.0 Å². The molecule has 5 unspecified atom stereocenters. The second-order valence-electron chi connectivity index (χ2n) is 37.1. The van der Waals surface area contributed by atoms with Crippen LogP contribution in [0.5, 0.6) is 11.5 Å². The molecule has 7 aromatic carbocycles. The van der Waals surface area contributed by atoms with Gasteiger partial charge in [-0.05, 0) is 333 Å². The maximum Gasteiger partial charge on any atom is 0.302 e. The molecule has 0 bridgehead atoms. The number of hydrogen-bond acceptors (Lipinski definition) is 19. The Hall–Kier alpha value is -9.64. The Kier molecular flexibility index (Phi) is 26.3. The van der Waals surface area contributed by atoms with Gasteiger partial charge in [0.15, 0.2) is 0 Å². The number of nitrogens with zero attached hydrogens (tertiary/aromatic N) is 9. The molecule has 7 aromatic rings. The summed E-state index contributed by atoms with van der Waals surface area (Å²) >= 11 is 0. The van der Waals surface area contributed by atoms with Crippen LogP contribution in [-0.2, 0) is 67.8 Å². The summed E-state index contributed by atoms with van der Waals surface area (Å²) in [5, 5.41) is 31.0. The van der Waals surface area contributed by atoms with Crippen molar-refractivity contribution in [3.8, 4) is 29.7 Å². The van der Waals surface area contributed by atoms with Gasteiger partial charge in [-0.2, -0.15) is 15.8 Å². The van der Waals surface area contributed by atoms with Crippen molar-refractivity contribution in [3.63, 3.8) is 0 Å². The lowest BCUT2D eigenvalue weighted by Gasteiger charge is -2.54. The number of esters is 3. The smallest absolute Gasteiger partial charge is 0.302 e. The Bertz CT molecular complexity index is 5190. The molecule has 3 aliphatic carbocycles. The van der Waals surface area contributed by atoms with Gasteiger partial charge in [0.1, 0.15) is 47.3 Å². The van der Waals surface area contributed by atoms with E-state index < -0.39 is 85.9 Å². The average molecular weight is 1690 g/mol. The van der Waals surface area contributed by atoms with Crippen LogP contribution in [0.15, 0.2) is 161 Å². The molecule has 16 rings (SSSR count). The summed E-state index contributed by atoms with van der Waals surface area (Å²) in [6, 6.07) is 51.4. The second-order valence-corrected chi connectivity index (χ2v) is 39.1. The molecule has 0 spiro atoms. The van der Waals surface area contributed by atoms with Crippen molar-refractivity contribution < 1.29 is 59.7 Å². The third kappa shape index (κ3) is 18.2. The molecule has 0 aromatic heterocycles. The van der Waals surface area contributed by atoms with Gasteiger partial charge in [0.05, 0.1) is 57.8 Å². The number of nitriles is 3. The van der Waals surface area contributed by atoms with Crippen LogP contribution in [0.2, 0.25) is 0 Å². The van der Waals surface area contributed by atoms with Gasteiger partial charge < -0.3 is 53.1 Å². The lowest BCUT2D eigenvalue weighted by molar-refractivity contribution is -0.151. The number of fused-ring (bicyclic) bond motifs is 2. The highest BCUT2D eigenvalue weighted by molar-refractivity contribution is 7.91. The first-order chi connectivity index (χ1) is 59.4. The van der Waals surface area contributed by atoms with Crippen molar-refractivity contribution in [3.05, 3.63) is 219 Å². The first kappa shape index (κ1) is 86.9. The summed E-state index contributed by atoms with van der Waals surface area (Å²) in [6.07, 6.45) is 7.71. The zero-order chi connectivity index (χ0) is 85.9. The van der Waals surface area contributed by atoms with Gasteiger partial charge in [-0.3, -0.25) is 14.4 Å². The fourth-order valence-corrected chi connectivity index (χ4v) is 25.7. The Morgan fingerprint density at radius 2 is 1.05 bits per heavy atom. The maximum atomic E-state index is 19.0. The van der Waals surface area contributed by atoms with Gasteiger partial charge in [0.25, 0.3) is 0 Å². The summed E-state index contributed by atoms with van der Waals surface area (Å²) in [5.74, 6) is -2.82. The highest BCUT2D eigenvalue weighted by Crippen LogP contribution is 2.61. The normalized spacial score (nSPS) is 26.4. The molecule has 123 heavy (non-hydrogen) atoms. The van der Waals surface area contributed by atoms with E-state index in [1.165, 1.54) is 20.8 Å². The molecule has 7 fully saturated rings. The Labute approximate surface area is 723 Å². The lowest BCUT2D eigenvalue weighted by Crippen LogP contribution is -2.58. The van der Waals surface area contributed by atoms with Crippen molar-refractivity contribution >= 4 is 33.4 Å². The monoisotopic (exact) mass is 1690 g/mol. The summed E-state index contributed by atoms with van der Waals surface area (Å²) in [7, 11) is 0.581. The molecule has 9 aliphatic rings. The van der Waals surface area contributed by atoms with E-state index in [0.717, 1.165) is 132 Å². The van der Waals surface area contributed by atoms with Gasteiger partial charge in [0, 0.05) is 120 Å². The van der Waals surface area contributed by atoms with Crippen molar-refractivity contribution in [2.24, 2.45) is 41.4 Å². The predicted molar refractivity (Wildman–Crippen MR) is 462 cm³/mol. The first-order valence-electron chi connectivity index (χ1n) is 44.7. The highest BCUT2D eigenvalue weighted by Gasteiger charge is 2.61. The largest absolute Gasteiger partial charge is 0.494 e. The molecule has 0 radical (unpaired) electrons. The van der Waals surface area contributed by atoms with Crippen LogP contribution < -0.4 is 14.4 Å². The van der Waals surface area contributed by atoms with Crippen molar-refractivity contribution in [1.82, 2.24) is 24.5 Å². The number of anilines is 1. The van der Waals surface area contributed by atoms with Crippen LogP contribution in [0, 0.1) is 92.9 Å². The molecule has 0 N–H and O–H groups in total. The first-order valence-corrected chi connectivity index (χ1v) is 46.2. The second kappa shape index (κ2) is 37.3. The summed E-state index contributed by atoms with van der Waals surface area (Å²) in [5.41, 5.74) is 4.99. The van der Waals surface area contributed by atoms with E-state index in [2.05, 4.69) is 73.8 Å². The van der Waals surface area contributed by atoms with Crippen molar-refractivity contribution in [1.29, 1.82) is 15.8 Å². The number of hydrogen-bond donors (Lipinski definition) is 0. The molecular formula is C100H116F3N9O10S. The van der Waals surface area contributed by atoms with Crippen molar-refractivity contribution in [2.45, 2.75) is 186 Å². The molecule has 23 heteroatoms. The number of rotatable bonds is 27. The zero-order valence-corrected chi connectivity index (χ0v) is 72.5. The molecule has 4 saturated heterocycles. The van der Waals surface area contributed by atoms with Gasteiger partial charge in [-0.15, -0.1) is 0 Å².